The standard InChI is InChI=1S/C18H22N2O4S2/c1-13-11-20(12-14(2)24-13)26(22,23)17-7-5-15(6-8-17)18(21)19-10-16-4-3-9-25-16/h3-9,13-14H,10-12H2,1-2H3,(H,19,21)/t13-,14+. The van der Waals surface area contributed by atoms with Crippen LogP contribution in [0.3, 0.4) is 0 Å². The summed E-state index contributed by atoms with van der Waals surface area (Å²) in [6, 6.07) is 9.94. The molecule has 0 spiro atoms. The van der Waals surface area contributed by atoms with Crippen LogP contribution in [-0.4, -0.2) is 43.9 Å². The van der Waals surface area contributed by atoms with Crippen molar-refractivity contribution >= 4 is 27.3 Å². The van der Waals surface area contributed by atoms with E-state index in [1.807, 2.05) is 31.4 Å². The van der Waals surface area contributed by atoms with Crippen LogP contribution in [0.4, 0.5) is 0 Å². The molecular formula is C18H22N2O4S2. The first-order chi connectivity index (χ1) is 12.4. The van der Waals surface area contributed by atoms with Gasteiger partial charge in [-0.05, 0) is 49.6 Å². The SMILES string of the molecule is C[C@@H]1CN(S(=O)(=O)c2ccc(C(=O)NCc3cccs3)cc2)C[C@H](C)O1. The van der Waals surface area contributed by atoms with Crippen molar-refractivity contribution in [1.29, 1.82) is 0 Å². The third-order valence-electron chi connectivity index (χ3n) is 4.14. The van der Waals surface area contributed by atoms with E-state index in [-0.39, 0.29) is 23.0 Å². The summed E-state index contributed by atoms with van der Waals surface area (Å²) in [7, 11) is -3.59. The predicted octanol–water partition coefficient (Wildman–Crippen LogP) is 2.48. The lowest BCUT2D eigenvalue weighted by Crippen LogP contribution is -2.48. The van der Waals surface area contributed by atoms with Gasteiger partial charge in [0.05, 0.1) is 23.6 Å². The number of hydrogen-bond acceptors (Lipinski definition) is 5. The van der Waals surface area contributed by atoms with Gasteiger partial charge in [0.2, 0.25) is 10.0 Å². The van der Waals surface area contributed by atoms with E-state index in [0.717, 1.165) is 4.88 Å². The number of ether oxygens (including phenoxy) is 1. The molecule has 1 aromatic carbocycles. The Morgan fingerprint density at radius 1 is 1.19 bits per heavy atom. The molecule has 3 rings (SSSR count). The molecule has 8 heteroatoms. The number of carbonyl (C=O) groups is 1. The van der Waals surface area contributed by atoms with Crippen LogP contribution in [-0.2, 0) is 21.3 Å². The molecule has 0 unspecified atom stereocenters. The summed E-state index contributed by atoms with van der Waals surface area (Å²) in [6.45, 7) is 4.84. The molecule has 2 heterocycles. The van der Waals surface area contributed by atoms with Crippen molar-refractivity contribution in [2.24, 2.45) is 0 Å². The van der Waals surface area contributed by atoms with Crippen LogP contribution in [0.1, 0.15) is 29.1 Å². The van der Waals surface area contributed by atoms with Crippen LogP contribution in [0.15, 0.2) is 46.7 Å². The summed E-state index contributed by atoms with van der Waals surface area (Å²) in [5.74, 6) is -0.226. The van der Waals surface area contributed by atoms with E-state index in [4.69, 9.17) is 4.74 Å². The molecule has 2 atom stereocenters. The Morgan fingerprint density at radius 3 is 2.42 bits per heavy atom. The molecule has 1 aliphatic rings. The highest BCUT2D eigenvalue weighted by Crippen LogP contribution is 2.21. The minimum absolute atomic E-state index is 0.143. The van der Waals surface area contributed by atoms with Crippen molar-refractivity contribution < 1.29 is 17.9 Å². The van der Waals surface area contributed by atoms with E-state index < -0.39 is 10.0 Å². The molecular weight excluding hydrogens is 372 g/mol. The van der Waals surface area contributed by atoms with E-state index >= 15 is 0 Å². The van der Waals surface area contributed by atoms with Crippen LogP contribution >= 0.6 is 11.3 Å². The van der Waals surface area contributed by atoms with Crippen LogP contribution in [0.2, 0.25) is 0 Å². The second-order valence-electron chi connectivity index (χ2n) is 6.37. The second kappa shape index (κ2) is 7.87. The Kier molecular flexibility index (Phi) is 5.76. The summed E-state index contributed by atoms with van der Waals surface area (Å²) < 4.78 is 32.7. The zero-order valence-corrected chi connectivity index (χ0v) is 16.3. The number of rotatable bonds is 5. The van der Waals surface area contributed by atoms with Gasteiger partial charge in [-0.3, -0.25) is 4.79 Å². The maximum atomic E-state index is 12.8. The van der Waals surface area contributed by atoms with Crippen LogP contribution in [0.25, 0.3) is 0 Å². The molecule has 1 N–H and O–H groups in total. The van der Waals surface area contributed by atoms with Crippen molar-refractivity contribution in [2.75, 3.05) is 13.1 Å². The quantitative estimate of drug-likeness (QED) is 0.845. The maximum Gasteiger partial charge on any atom is 0.251 e. The van der Waals surface area contributed by atoms with Gasteiger partial charge < -0.3 is 10.1 Å². The zero-order chi connectivity index (χ0) is 18.7. The highest BCUT2D eigenvalue weighted by Gasteiger charge is 2.32. The molecule has 1 fully saturated rings. The Morgan fingerprint density at radius 2 is 1.85 bits per heavy atom. The van der Waals surface area contributed by atoms with Gasteiger partial charge in [0.15, 0.2) is 0 Å². The molecule has 140 valence electrons. The zero-order valence-electron chi connectivity index (χ0n) is 14.7. The van der Waals surface area contributed by atoms with E-state index in [1.54, 1.807) is 23.5 Å². The number of nitrogens with zero attached hydrogens (tertiary/aromatic N) is 1. The first-order valence-electron chi connectivity index (χ1n) is 8.42. The minimum atomic E-state index is -3.59. The summed E-state index contributed by atoms with van der Waals surface area (Å²) in [6.07, 6.45) is -0.286. The van der Waals surface area contributed by atoms with Gasteiger partial charge in [-0.1, -0.05) is 6.07 Å². The van der Waals surface area contributed by atoms with Gasteiger partial charge in [0.25, 0.3) is 5.91 Å². The highest BCUT2D eigenvalue weighted by atomic mass is 32.2. The number of carbonyl (C=O) groups excluding carboxylic acids is 1. The molecule has 2 aromatic rings. The van der Waals surface area contributed by atoms with Gasteiger partial charge in [-0.2, -0.15) is 4.31 Å². The van der Waals surface area contributed by atoms with Crippen molar-refractivity contribution in [3.05, 3.63) is 52.2 Å². The van der Waals surface area contributed by atoms with Gasteiger partial charge in [-0.15, -0.1) is 11.3 Å². The van der Waals surface area contributed by atoms with Crippen LogP contribution in [0.5, 0.6) is 0 Å². The molecule has 0 aliphatic carbocycles. The maximum absolute atomic E-state index is 12.8. The summed E-state index contributed by atoms with van der Waals surface area (Å²) in [5, 5.41) is 4.78. The Bertz CT molecular complexity index is 838. The first kappa shape index (κ1) is 19.0. The topological polar surface area (TPSA) is 75.7 Å². The largest absolute Gasteiger partial charge is 0.373 e. The number of morpholine rings is 1. The van der Waals surface area contributed by atoms with E-state index in [0.29, 0.717) is 25.2 Å². The first-order valence-corrected chi connectivity index (χ1v) is 10.7. The number of sulfonamides is 1. The Labute approximate surface area is 157 Å². The monoisotopic (exact) mass is 394 g/mol. The average molecular weight is 395 g/mol. The van der Waals surface area contributed by atoms with Crippen molar-refractivity contribution in [3.8, 4) is 0 Å². The normalized spacial score (nSPS) is 21.5. The predicted molar refractivity (Wildman–Crippen MR) is 101 cm³/mol. The lowest BCUT2D eigenvalue weighted by atomic mass is 10.2. The van der Waals surface area contributed by atoms with Crippen molar-refractivity contribution in [3.63, 3.8) is 0 Å². The van der Waals surface area contributed by atoms with E-state index in [1.165, 1.54) is 16.4 Å². The molecule has 1 aromatic heterocycles. The Hall–Kier alpha value is -1.74. The lowest BCUT2D eigenvalue weighted by molar-refractivity contribution is -0.0440. The average Bonchev–Trinajstić information content (AvgIpc) is 3.12. The molecule has 0 radical (unpaired) electrons. The summed E-state index contributed by atoms with van der Waals surface area (Å²) in [4.78, 5) is 13.5. The summed E-state index contributed by atoms with van der Waals surface area (Å²) >= 11 is 1.57. The number of hydrogen-bond donors (Lipinski definition) is 1. The molecule has 6 nitrogen and oxygen atoms in total. The fourth-order valence-electron chi connectivity index (χ4n) is 2.94. The molecule has 0 bridgehead atoms. The third kappa shape index (κ3) is 4.32. The van der Waals surface area contributed by atoms with Gasteiger partial charge >= 0.3 is 0 Å². The van der Waals surface area contributed by atoms with Crippen LogP contribution < -0.4 is 5.32 Å². The fraction of sp³-hybridized carbons (Fsp3) is 0.389. The minimum Gasteiger partial charge on any atom is -0.373 e. The lowest BCUT2D eigenvalue weighted by Gasteiger charge is -2.34. The number of nitrogens with one attached hydrogen (secondary N) is 1. The smallest absolute Gasteiger partial charge is 0.251 e. The molecule has 1 aliphatic heterocycles. The summed E-state index contributed by atoms with van der Waals surface area (Å²) in [5.41, 5.74) is 0.434. The highest BCUT2D eigenvalue weighted by molar-refractivity contribution is 7.89. The number of benzene rings is 1. The number of thiophene rings is 1. The van der Waals surface area contributed by atoms with Crippen molar-refractivity contribution in [1.82, 2.24) is 9.62 Å². The molecule has 1 saturated heterocycles. The number of amides is 1. The Balaban J connectivity index is 1.69. The van der Waals surface area contributed by atoms with Gasteiger partial charge in [-0.25, -0.2) is 8.42 Å². The second-order valence-corrected chi connectivity index (χ2v) is 9.34. The van der Waals surface area contributed by atoms with E-state index in [9.17, 15) is 13.2 Å². The fourth-order valence-corrected chi connectivity index (χ4v) is 5.17. The van der Waals surface area contributed by atoms with Crippen LogP contribution in [0, 0.1) is 0 Å². The van der Waals surface area contributed by atoms with Crippen molar-refractivity contribution in [2.45, 2.75) is 37.5 Å². The van der Waals surface area contributed by atoms with E-state index in [2.05, 4.69) is 5.32 Å². The molecule has 1 amide bonds. The molecule has 0 saturated carbocycles. The molecule has 26 heavy (non-hydrogen) atoms. The van der Waals surface area contributed by atoms with Gasteiger partial charge in [0, 0.05) is 23.5 Å². The third-order valence-corrected chi connectivity index (χ3v) is 6.87. The van der Waals surface area contributed by atoms with Gasteiger partial charge in [0.1, 0.15) is 0 Å².